The molecule has 0 radical (unpaired) electrons. The van der Waals surface area contributed by atoms with E-state index in [4.69, 9.17) is 0 Å². The first kappa shape index (κ1) is 18.3. The van der Waals surface area contributed by atoms with E-state index in [2.05, 4.69) is 50.9 Å². The van der Waals surface area contributed by atoms with Crippen molar-refractivity contribution in [2.24, 2.45) is 10.9 Å². The zero-order chi connectivity index (χ0) is 18.7. The highest BCUT2D eigenvalue weighted by molar-refractivity contribution is 5.81. The Morgan fingerprint density at radius 2 is 1.93 bits per heavy atom. The summed E-state index contributed by atoms with van der Waals surface area (Å²) in [6.07, 6.45) is 8.05. The van der Waals surface area contributed by atoms with Crippen molar-refractivity contribution in [1.29, 1.82) is 0 Å². The lowest BCUT2D eigenvalue weighted by Gasteiger charge is -2.23. The molecule has 5 nitrogen and oxygen atoms in total. The van der Waals surface area contributed by atoms with Crippen LogP contribution in [0.25, 0.3) is 0 Å². The van der Waals surface area contributed by atoms with Gasteiger partial charge in [-0.3, -0.25) is 9.79 Å². The molecule has 1 aliphatic heterocycles. The number of guanidine groups is 1. The van der Waals surface area contributed by atoms with Gasteiger partial charge in [0.05, 0.1) is 0 Å². The number of benzene rings is 1. The summed E-state index contributed by atoms with van der Waals surface area (Å²) in [5.74, 6) is 1.51. The first-order chi connectivity index (χ1) is 13.2. The Bertz CT molecular complexity index is 677. The van der Waals surface area contributed by atoms with Crippen LogP contribution in [0, 0.1) is 5.92 Å². The lowest BCUT2D eigenvalue weighted by atomic mass is 9.96. The van der Waals surface area contributed by atoms with Crippen LogP contribution in [0.3, 0.4) is 0 Å². The third kappa shape index (κ3) is 4.12. The van der Waals surface area contributed by atoms with E-state index in [0.29, 0.717) is 11.9 Å². The maximum absolute atomic E-state index is 12.6. The van der Waals surface area contributed by atoms with Crippen molar-refractivity contribution in [3.05, 3.63) is 35.9 Å². The van der Waals surface area contributed by atoms with Gasteiger partial charge >= 0.3 is 0 Å². The second-order valence-corrected chi connectivity index (χ2v) is 8.47. The smallest absolute Gasteiger partial charge is 0.225 e. The molecule has 1 saturated heterocycles. The minimum absolute atomic E-state index is 0.263. The van der Waals surface area contributed by atoms with Crippen LogP contribution in [-0.4, -0.2) is 49.5 Å². The van der Waals surface area contributed by atoms with Crippen molar-refractivity contribution >= 4 is 11.9 Å². The van der Waals surface area contributed by atoms with E-state index < -0.39 is 0 Å². The molecule has 1 atom stereocenters. The van der Waals surface area contributed by atoms with Gasteiger partial charge in [-0.25, -0.2) is 0 Å². The molecule has 0 aromatic heterocycles. The zero-order valence-corrected chi connectivity index (χ0v) is 16.4. The topological polar surface area (TPSA) is 56.7 Å². The average molecular weight is 369 g/mol. The van der Waals surface area contributed by atoms with Crippen molar-refractivity contribution in [3.8, 4) is 0 Å². The molecule has 0 spiro atoms. The molecule has 2 saturated carbocycles. The van der Waals surface area contributed by atoms with Crippen molar-refractivity contribution in [3.63, 3.8) is 0 Å². The first-order valence-corrected chi connectivity index (χ1v) is 10.5. The van der Waals surface area contributed by atoms with Crippen LogP contribution >= 0.6 is 0 Å². The highest BCUT2D eigenvalue weighted by Crippen LogP contribution is 2.47. The summed E-state index contributed by atoms with van der Waals surface area (Å²) in [4.78, 5) is 19.1. The predicted molar refractivity (Wildman–Crippen MR) is 109 cm³/mol. The summed E-state index contributed by atoms with van der Waals surface area (Å²) < 4.78 is 0. The second-order valence-electron chi connectivity index (χ2n) is 8.47. The van der Waals surface area contributed by atoms with Crippen LogP contribution in [0.5, 0.6) is 0 Å². The largest absolute Gasteiger partial charge is 0.356 e. The molecule has 5 heteroatoms. The number of likely N-dealkylation sites (tertiary alicyclic amines) is 1. The van der Waals surface area contributed by atoms with Gasteiger partial charge in [-0.2, -0.15) is 0 Å². The van der Waals surface area contributed by atoms with Crippen molar-refractivity contribution in [2.45, 2.75) is 56.4 Å². The quantitative estimate of drug-likeness (QED) is 0.621. The zero-order valence-electron chi connectivity index (χ0n) is 16.4. The van der Waals surface area contributed by atoms with E-state index in [1.165, 1.54) is 31.2 Å². The van der Waals surface area contributed by atoms with Gasteiger partial charge in [-0.05, 0) is 37.7 Å². The summed E-state index contributed by atoms with van der Waals surface area (Å²) in [6, 6.07) is 11.1. The third-order valence-corrected chi connectivity index (χ3v) is 6.60. The van der Waals surface area contributed by atoms with Gasteiger partial charge in [0.2, 0.25) is 5.91 Å². The summed E-state index contributed by atoms with van der Waals surface area (Å²) in [7, 11) is 1.83. The van der Waals surface area contributed by atoms with Gasteiger partial charge in [0.1, 0.15) is 0 Å². The van der Waals surface area contributed by atoms with Crippen molar-refractivity contribution in [1.82, 2.24) is 15.5 Å². The average Bonchev–Trinajstić information content (AvgIpc) is 3.11. The van der Waals surface area contributed by atoms with Gasteiger partial charge in [-0.15, -0.1) is 0 Å². The van der Waals surface area contributed by atoms with Crippen molar-refractivity contribution < 1.29 is 4.79 Å². The molecule has 27 heavy (non-hydrogen) atoms. The molecule has 1 aromatic rings. The normalized spacial score (nSPS) is 24.9. The van der Waals surface area contributed by atoms with E-state index in [9.17, 15) is 4.79 Å². The lowest BCUT2D eigenvalue weighted by Crippen LogP contribution is -2.47. The molecular formula is C22H32N4O. The summed E-state index contributed by atoms with van der Waals surface area (Å²) in [5, 5.41) is 7.07. The van der Waals surface area contributed by atoms with Crippen LogP contribution in [-0.2, 0) is 10.2 Å². The number of rotatable bonds is 5. The number of nitrogens with zero attached hydrogens (tertiary/aromatic N) is 2. The molecule has 1 amide bonds. The maximum Gasteiger partial charge on any atom is 0.225 e. The lowest BCUT2D eigenvalue weighted by molar-refractivity contribution is -0.134. The second kappa shape index (κ2) is 7.91. The third-order valence-electron chi connectivity index (χ3n) is 6.60. The summed E-state index contributed by atoms with van der Waals surface area (Å²) in [5.41, 5.74) is 1.68. The molecule has 2 N–H and O–H groups in total. The number of carbonyl (C=O) groups is 1. The fraction of sp³-hybridized carbons (Fsp3) is 0.636. The van der Waals surface area contributed by atoms with Gasteiger partial charge in [0.15, 0.2) is 5.96 Å². The number of nitrogens with one attached hydrogen (secondary N) is 2. The van der Waals surface area contributed by atoms with Crippen LogP contribution in [0.1, 0.15) is 50.5 Å². The van der Waals surface area contributed by atoms with Crippen LogP contribution in [0.4, 0.5) is 0 Å². The minimum Gasteiger partial charge on any atom is -0.356 e. The number of amides is 1. The molecule has 3 aliphatic rings. The predicted octanol–water partition coefficient (Wildman–Crippen LogP) is 2.67. The fourth-order valence-corrected chi connectivity index (χ4v) is 4.66. The Morgan fingerprint density at radius 3 is 2.59 bits per heavy atom. The Hall–Kier alpha value is -2.04. The minimum atomic E-state index is 0.263. The molecule has 1 heterocycles. The van der Waals surface area contributed by atoms with E-state index in [0.717, 1.165) is 44.9 Å². The Labute approximate surface area is 162 Å². The summed E-state index contributed by atoms with van der Waals surface area (Å²) >= 11 is 0. The number of hydrogen-bond donors (Lipinski definition) is 2. The molecule has 2 aliphatic carbocycles. The van der Waals surface area contributed by atoms with E-state index in [1.807, 2.05) is 7.05 Å². The monoisotopic (exact) mass is 368 g/mol. The molecule has 3 fully saturated rings. The van der Waals surface area contributed by atoms with Crippen molar-refractivity contribution in [2.75, 3.05) is 26.7 Å². The van der Waals surface area contributed by atoms with Crippen LogP contribution < -0.4 is 10.6 Å². The van der Waals surface area contributed by atoms with E-state index in [-0.39, 0.29) is 11.3 Å². The van der Waals surface area contributed by atoms with E-state index >= 15 is 0 Å². The first-order valence-electron chi connectivity index (χ1n) is 10.5. The number of aliphatic imine (C=N–C) groups is 1. The Morgan fingerprint density at radius 1 is 1.19 bits per heavy atom. The molecule has 4 rings (SSSR count). The highest BCUT2D eigenvalue weighted by Gasteiger charge is 2.44. The van der Waals surface area contributed by atoms with E-state index in [1.54, 1.807) is 0 Å². The molecule has 1 unspecified atom stereocenters. The number of hydrogen-bond acceptors (Lipinski definition) is 2. The Balaban J connectivity index is 1.27. The molecule has 0 bridgehead atoms. The van der Waals surface area contributed by atoms with Gasteiger partial charge < -0.3 is 15.5 Å². The standard InChI is InChI=1S/C22H32N4O/c1-23-21(24-16-22(12-13-22)18-9-3-2-4-10-18)25-19-11-14-26(15-19)20(27)17-7-5-6-8-17/h2-4,9-10,17,19H,5-8,11-16H2,1H3,(H2,23,24,25). The summed E-state index contributed by atoms with van der Waals surface area (Å²) in [6.45, 7) is 2.59. The molecule has 146 valence electrons. The Kier molecular flexibility index (Phi) is 5.37. The van der Waals surface area contributed by atoms with Gasteiger partial charge in [0, 0.05) is 44.1 Å². The fourth-order valence-electron chi connectivity index (χ4n) is 4.66. The maximum atomic E-state index is 12.6. The molecule has 1 aromatic carbocycles. The highest BCUT2D eigenvalue weighted by atomic mass is 16.2. The SMILES string of the molecule is CN=C(NCC1(c2ccccc2)CC1)NC1CCN(C(=O)C2CCCC2)C1. The molecular weight excluding hydrogens is 336 g/mol. The number of carbonyl (C=O) groups excluding carboxylic acids is 1. The van der Waals surface area contributed by atoms with Crippen LogP contribution in [0.15, 0.2) is 35.3 Å². The van der Waals surface area contributed by atoms with Gasteiger partial charge in [-0.1, -0.05) is 43.2 Å². The van der Waals surface area contributed by atoms with Gasteiger partial charge in [0.25, 0.3) is 0 Å². The van der Waals surface area contributed by atoms with Crippen LogP contribution in [0.2, 0.25) is 0 Å².